The van der Waals surface area contributed by atoms with Gasteiger partial charge in [0.1, 0.15) is 6.04 Å². The smallest absolute Gasteiger partial charge is 0.264 e. The van der Waals surface area contributed by atoms with Crippen LogP contribution in [-0.2, 0) is 16.0 Å². The standard InChI is InChI=1S/C29H34N4O5S/c1-17-10-11-22-13-20(17)8-6-12-30-25(35)16-33(29(38)24-14-21-7-4-5-9-23(21)39-24)15-18(2)31-28(37)26(19(3)34)32-27(22)36/h4-5,7,9-11,13-14,18-19,26,34H,6,8,12,15-16H2,1-3H3,(H,30,35)(H,31,37)(H,32,36)/t18-,19-,26+/m1/s1. The van der Waals surface area contributed by atoms with E-state index in [2.05, 4.69) is 16.0 Å². The molecule has 2 aromatic carbocycles. The van der Waals surface area contributed by atoms with Crippen LogP contribution >= 0.6 is 11.3 Å². The molecule has 206 valence electrons. The van der Waals surface area contributed by atoms with E-state index in [1.807, 2.05) is 37.3 Å². The molecule has 0 saturated carbocycles. The second-order valence-corrected chi connectivity index (χ2v) is 11.1. The van der Waals surface area contributed by atoms with Gasteiger partial charge in [0, 0.05) is 29.4 Å². The molecule has 1 aromatic heterocycles. The normalized spacial score (nSPS) is 20.5. The maximum absolute atomic E-state index is 13.5. The molecule has 1 aliphatic heterocycles. The van der Waals surface area contributed by atoms with Gasteiger partial charge in [-0.2, -0.15) is 0 Å². The first kappa shape index (κ1) is 28.3. The first-order valence-electron chi connectivity index (χ1n) is 13.1. The van der Waals surface area contributed by atoms with Gasteiger partial charge in [-0.25, -0.2) is 0 Å². The Labute approximate surface area is 231 Å². The molecule has 2 heterocycles. The number of aliphatic hydroxyl groups is 1. The predicted octanol–water partition coefficient (Wildman–Crippen LogP) is 2.40. The highest BCUT2D eigenvalue weighted by atomic mass is 32.1. The monoisotopic (exact) mass is 550 g/mol. The molecule has 0 radical (unpaired) electrons. The lowest BCUT2D eigenvalue weighted by Crippen LogP contribution is -2.56. The number of hydrogen-bond donors (Lipinski definition) is 4. The summed E-state index contributed by atoms with van der Waals surface area (Å²) in [6, 6.07) is 13.0. The number of fused-ring (bicyclic) bond motifs is 3. The number of carbonyl (C=O) groups excluding carboxylic acids is 4. The van der Waals surface area contributed by atoms with E-state index >= 15 is 0 Å². The number of amides is 4. The maximum Gasteiger partial charge on any atom is 0.264 e. The average Bonchev–Trinajstić information content (AvgIpc) is 3.33. The van der Waals surface area contributed by atoms with Crippen LogP contribution in [0.25, 0.3) is 10.1 Å². The molecule has 0 spiro atoms. The molecule has 4 amide bonds. The molecule has 10 heteroatoms. The second-order valence-electron chi connectivity index (χ2n) is 10.0. The molecule has 4 rings (SSSR count). The summed E-state index contributed by atoms with van der Waals surface area (Å²) in [5.41, 5.74) is 2.35. The van der Waals surface area contributed by atoms with Gasteiger partial charge >= 0.3 is 0 Å². The van der Waals surface area contributed by atoms with Crippen molar-refractivity contribution in [1.29, 1.82) is 0 Å². The lowest BCUT2D eigenvalue weighted by molar-refractivity contribution is -0.126. The van der Waals surface area contributed by atoms with Crippen molar-refractivity contribution in [1.82, 2.24) is 20.9 Å². The third-order valence-corrected chi connectivity index (χ3v) is 7.85. The van der Waals surface area contributed by atoms with Gasteiger partial charge < -0.3 is 26.0 Å². The number of rotatable bonds is 2. The van der Waals surface area contributed by atoms with Gasteiger partial charge in [-0.1, -0.05) is 24.3 Å². The van der Waals surface area contributed by atoms with E-state index in [4.69, 9.17) is 0 Å². The lowest BCUT2D eigenvalue weighted by atomic mass is 10.00. The fraction of sp³-hybridized carbons (Fsp3) is 0.379. The number of hydrogen-bond acceptors (Lipinski definition) is 6. The van der Waals surface area contributed by atoms with Crippen LogP contribution < -0.4 is 16.0 Å². The maximum atomic E-state index is 13.5. The minimum absolute atomic E-state index is 0.0622. The van der Waals surface area contributed by atoms with Crippen LogP contribution in [-0.4, -0.2) is 71.5 Å². The third kappa shape index (κ3) is 7.01. The molecule has 0 fully saturated rings. The quantitative estimate of drug-likeness (QED) is 0.390. The van der Waals surface area contributed by atoms with Crippen LogP contribution in [0.4, 0.5) is 0 Å². The number of aryl methyl sites for hydroxylation is 2. The molecule has 9 nitrogen and oxygen atoms in total. The number of nitrogens with zero attached hydrogens (tertiary/aromatic N) is 1. The second kappa shape index (κ2) is 12.4. The van der Waals surface area contributed by atoms with E-state index < -0.39 is 30.0 Å². The Balaban J connectivity index is 1.60. The van der Waals surface area contributed by atoms with E-state index in [0.29, 0.717) is 29.8 Å². The first-order chi connectivity index (χ1) is 18.6. The molecule has 0 unspecified atom stereocenters. The van der Waals surface area contributed by atoms with Gasteiger partial charge in [0.2, 0.25) is 11.8 Å². The van der Waals surface area contributed by atoms with Crippen molar-refractivity contribution in [3.8, 4) is 0 Å². The molecule has 1 aliphatic rings. The first-order valence-corrected chi connectivity index (χ1v) is 13.9. The van der Waals surface area contributed by atoms with Crippen LogP contribution in [0.1, 0.15) is 51.4 Å². The van der Waals surface area contributed by atoms with Crippen molar-refractivity contribution < 1.29 is 24.3 Å². The molecule has 3 atom stereocenters. The van der Waals surface area contributed by atoms with Crippen molar-refractivity contribution in [2.24, 2.45) is 0 Å². The molecular weight excluding hydrogens is 516 g/mol. The fourth-order valence-corrected chi connectivity index (χ4v) is 5.65. The Bertz CT molecular complexity index is 1350. The van der Waals surface area contributed by atoms with Crippen LogP contribution in [0.2, 0.25) is 0 Å². The van der Waals surface area contributed by atoms with Crippen molar-refractivity contribution in [3.63, 3.8) is 0 Å². The number of carbonyl (C=O) groups is 4. The number of benzene rings is 2. The van der Waals surface area contributed by atoms with Gasteiger partial charge in [0.05, 0.1) is 17.5 Å². The number of aliphatic hydroxyl groups excluding tert-OH is 1. The molecule has 2 bridgehead atoms. The summed E-state index contributed by atoms with van der Waals surface area (Å²) < 4.78 is 0.964. The highest BCUT2D eigenvalue weighted by Gasteiger charge is 2.29. The summed E-state index contributed by atoms with van der Waals surface area (Å²) >= 11 is 1.35. The number of nitrogens with one attached hydrogen (secondary N) is 3. The van der Waals surface area contributed by atoms with Crippen LogP contribution in [0, 0.1) is 6.92 Å². The SMILES string of the molecule is Cc1ccc2cc1CCCNC(=O)CN(C(=O)c1cc3ccccc3s1)C[C@@H](C)NC(=O)[C@H]([C@@H](C)O)NC2=O. The summed E-state index contributed by atoms with van der Waals surface area (Å²) in [7, 11) is 0. The van der Waals surface area contributed by atoms with Crippen LogP contribution in [0.5, 0.6) is 0 Å². The molecule has 39 heavy (non-hydrogen) atoms. The van der Waals surface area contributed by atoms with E-state index in [1.54, 1.807) is 25.1 Å². The average molecular weight is 551 g/mol. The Morgan fingerprint density at radius 1 is 1.10 bits per heavy atom. The van der Waals surface area contributed by atoms with Crippen LogP contribution in [0.15, 0.2) is 48.5 Å². The highest BCUT2D eigenvalue weighted by molar-refractivity contribution is 7.20. The van der Waals surface area contributed by atoms with Crippen molar-refractivity contribution >= 4 is 45.1 Å². The Morgan fingerprint density at radius 2 is 1.87 bits per heavy atom. The van der Waals surface area contributed by atoms with E-state index in [1.165, 1.54) is 23.2 Å². The Kier molecular flexibility index (Phi) is 8.98. The van der Waals surface area contributed by atoms with E-state index in [9.17, 15) is 24.3 Å². The summed E-state index contributed by atoms with van der Waals surface area (Å²) in [4.78, 5) is 54.4. The lowest BCUT2D eigenvalue weighted by Gasteiger charge is -2.28. The Hall–Kier alpha value is -3.76. The molecule has 3 aromatic rings. The zero-order valence-corrected chi connectivity index (χ0v) is 23.1. The minimum Gasteiger partial charge on any atom is -0.391 e. The van der Waals surface area contributed by atoms with Gasteiger partial charge in [-0.05, 0) is 74.4 Å². The largest absolute Gasteiger partial charge is 0.391 e. The zero-order valence-electron chi connectivity index (χ0n) is 22.3. The summed E-state index contributed by atoms with van der Waals surface area (Å²) in [5.74, 6) is -1.65. The van der Waals surface area contributed by atoms with Gasteiger partial charge in [-0.3, -0.25) is 19.2 Å². The van der Waals surface area contributed by atoms with Crippen molar-refractivity contribution in [2.45, 2.75) is 51.8 Å². The summed E-state index contributed by atoms with van der Waals surface area (Å²) in [5, 5.41) is 19.6. The fourth-order valence-electron chi connectivity index (χ4n) is 4.62. The van der Waals surface area contributed by atoms with E-state index in [0.717, 1.165) is 21.2 Å². The van der Waals surface area contributed by atoms with Gasteiger partial charge in [-0.15, -0.1) is 11.3 Å². The molecule has 4 N–H and O–H groups in total. The summed E-state index contributed by atoms with van der Waals surface area (Å²) in [6.07, 6.45) is 0.124. The Morgan fingerprint density at radius 3 is 2.62 bits per heavy atom. The van der Waals surface area contributed by atoms with E-state index in [-0.39, 0.29) is 24.9 Å². The van der Waals surface area contributed by atoms with Crippen LogP contribution in [0.3, 0.4) is 0 Å². The highest BCUT2D eigenvalue weighted by Crippen LogP contribution is 2.26. The van der Waals surface area contributed by atoms with Crippen molar-refractivity contribution in [2.75, 3.05) is 19.6 Å². The zero-order chi connectivity index (χ0) is 28.1. The van der Waals surface area contributed by atoms with Gasteiger partial charge in [0.15, 0.2) is 0 Å². The summed E-state index contributed by atoms with van der Waals surface area (Å²) in [6.45, 7) is 5.40. The predicted molar refractivity (Wildman–Crippen MR) is 151 cm³/mol. The molecule has 0 saturated heterocycles. The molecular formula is C29H34N4O5S. The topological polar surface area (TPSA) is 128 Å². The number of thiophene rings is 1. The minimum atomic E-state index is -1.20. The van der Waals surface area contributed by atoms with Gasteiger partial charge in [0.25, 0.3) is 11.8 Å². The van der Waals surface area contributed by atoms with Crippen molar-refractivity contribution in [3.05, 3.63) is 70.1 Å². The molecule has 0 aliphatic carbocycles. The third-order valence-electron chi connectivity index (χ3n) is 6.75.